The second-order valence-electron chi connectivity index (χ2n) is 5.01. The van der Waals surface area contributed by atoms with Crippen LogP contribution in [-0.4, -0.2) is 25.1 Å². The lowest BCUT2D eigenvalue weighted by atomic mass is 10.1. The zero-order valence-corrected chi connectivity index (χ0v) is 15.1. The Morgan fingerprint density at radius 3 is 2.70 bits per heavy atom. The lowest BCUT2D eigenvalue weighted by Gasteiger charge is -2.14. The summed E-state index contributed by atoms with van der Waals surface area (Å²) in [5.41, 5.74) is 1.06. The van der Waals surface area contributed by atoms with E-state index in [1.54, 1.807) is 13.0 Å². The Labute approximate surface area is 144 Å². The molecular formula is C17H20BrNO4. The van der Waals surface area contributed by atoms with Gasteiger partial charge in [-0.15, -0.1) is 0 Å². The van der Waals surface area contributed by atoms with Gasteiger partial charge in [0.05, 0.1) is 17.7 Å². The maximum atomic E-state index is 11.7. The molecule has 2 rings (SSSR count). The quantitative estimate of drug-likeness (QED) is 0.400. The van der Waals surface area contributed by atoms with Crippen molar-refractivity contribution in [3.05, 3.63) is 27.9 Å². The molecule has 5 nitrogen and oxygen atoms in total. The number of nitrogens with zero attached hydrogens (tertiary/aromatic N) is 1. The van der Waals surface area contributed by atoms with Gasteiger partial charge >= 0.3 is 5.97 Å². The predicted molar refractivity (Wildman–Crippen MR) is 92.9 cm³/mol. The van der Waals surface area contributed by atoms with Gasteiger partial charge < -0.3 is 14.2 Å². The van der Waals surface area contributed by atoms with Crippen molar-refractivity contribution in [3.8, 4) is 11.5 Å². The Kier molecular flexibility index (Phi) is 6.21. The molecular weight excluding hydrogens is 362 g/mol. The Bertz CT molecular complexity index is 652. The van der Waals surface area contributed by atoms with Gasteiger partial charge in [0, 0.05) is 6.92 Å². The second-order valence-corrected chi connectivity index (χ2v) is 5.87. The number of halogens is 1. The van der Waals surface area contributed by atoms with Gasteiger partial charge in [0.1, 0.15) is 0 Å². The number of hydrogen-bond donors (Lipinski definition) is 0. The molecule has 0 bridgehead atoms. The van der Waals surface area contributed by atoms with Crippen molar-refractivity contribution < 1.29 is 19.0 Å². The number of cyclic esters (lactones) is 1. The van der Waals surface area contributed by atoms with Crippen LogP contribution in [0.4, 0.5) is 0 Å². The molecule has 0 radical (unpaired) electrons. The smallest absolute Gasteiger partial charge is 0.363 e. The number of rotatable bonds is 7. The van der Waals surface area contributed by atoms with Gasteiger partial charge in [-0.3, -0.25) is 0 Å². The fraction of sp³-hybridized carbons (Fsp3) is 0.412. The number of hydrogen-bond acceptors (Lipinski definition) is 5. The van der Waals surface area contributed by atoms with Crippen molar-refractivity contribution in [1.29, 1.82) is 0 Å². The first-order chi connectivity index (χ1) is 11.0. The van der Waals surface area contributed by atoms with Crippen molar-refractivity contribution in [2.24, 2.45) is 4.99 Å². The molecule has 0 atom stereocenters. The largest absolute Gasteiger partial charge is 0.490 e. The lowest BCUT2D eigenvalue weighted by molar-refractivity contribution is -0.130. The summed E-state index contributed by atoms with van der Waals surface area (Å²) in [6, 6.07) is 3.70. The van der Waals surface area contributed by atoms with Crippen LogP contribution in [-0.2, 0) is 9.53 Å². The van der Waals surface area contributed by atoms with Crippen molar-refractivity contribution in [2.75, 3.05) is 13.2 Å². The molecule has 124 valence electrons. The third kappa shape index (κ3) is 4.58. The summed E-state index contributed by atoms with van der Waals surface area (Å²) in [6.45, 7) is 6.82. The van der Waals surface area contributed by atoms with Gasteiger partial charge in [-0.2, -0.15) is 0 Å². The highest BCUT2D eigenvalue weighted by molar-refractivity contribution is 9.10. The summed E-state index contributed by atoms with van der Waals surface area (Å²) >= 11 is 3.51. The predicted octanol–water partition coefficient (Wildman–Crippen LogP) is 4.34. The van der Waals surface area contributed by atoms with E-state index in [9.17, 15) is 4.79 Å². The van der Waals surface area contributed by atoms with E-state index in [2.05, 4.69) is 27.8 Å². The normalized spacial score (nSPS) is 15.6. The number of unbranched alkanes of at least 4 members (excludes halogenated alkanes) is 1. The van der Waals surface area contributed by atoms with Crippen LogP contribution in [0.15, 0.2) is 27.3 Å². The fourth-order valence-electron chi connectivity index (χ4n) is 2.07. The summed E-state index contributed by atoms with van der Waals surface area (Å²) in [5, 5.41) is 0. The van der Waals surface area contributed by atoms with Crippen LogP contribution < -0.4 is 9.47 Å². The van der Waals surface area contributed by atoms with E-state index < -0.39 is 5.97 Å². The summed E-state index contributed by atoms with van der Waals surface area (Å²) in [7, 11) is 0. The van der Waals surface area contributed by atoms with Crippen LogP contribution in [0.3, 0.4) is 0 Å². The van der Waals surface area contributed by atoms with Crippen LogP contribution in [0.5, 0.6) is 11.5 Å². The van der Waals surface area contributed by atoms with Crippen LogP contribution in [0.25, 0.3) is 6.08 Å². The van der Waals surface area contributed by atoms with Crippen molar-refractivity contribution >= 4 is 33.9 Å². The Morgan fingerprint density at radius 2 is 2.09 bits per heavy atom. The minimum Gasteiger partial charge on any atom is -0.490 e. The average Bonchev–Trinajstić information content (AvgIpc) is 2.80. The molecule has 0 aliphatic carbocycles. The number of ether oxygens (including phenoxy) is 3. The monoisotopic (exact) mass is 381 g/mol. The average molecular weight is 382 g/mol. The first-order valence-corrected chi connectivity index (χ1v) is 8.42. The summed E-state index contributed by atoms with van der Waals surface area (Å²) in [6.07, 6.45) is 3.71. The van der Waals surface area contributed by atoms with Gasteiger partial charge in [0.15, 0.2) is 23.1 Å². The highest BCUT2D eigenvalue weighted by Gasteiger charge is 2.20. The van der Waals surface area contributed by atoms with E-state index in [0.717, 1.165) is 22.9 Å². The van der Waals surface area contributed by atoms with E-state index in [1.165, 1.54) is 0 Å². The third-order valence-corrected chi connectivity index (χ3v) is 3.70. The number of carbonyl (C=O) groups is 1. The molecule has 1 aromatic carbocycles. The maximum absolute atomic E-state index is 11.7. The highest BCUT2D eigenvalue weighted by atomic mass is 79.9. The molecule has 6 heteroatoms. The molecule has 0 amide bonds. The van der Waals surface area contributed by atoms with Crippen molar-refractivity contribution in [3.63, 3.8) is 0 Å². The first-order valence-electron chi connectivity index (χ1n) is 7.63. The molecule has 0 saturated heterocycles. The molecule has 0 N–H and O–H groups in total. The first kappa shape index (κ1) is 17.5. The molecule has 0 spiro atoms. The molecule has 0 fully saturated rings. The van der Waals surface area contributed by atoms with Gasteiger partial charge in [-0.05, 0) is 53.0 Å². The van der Waals surface area contributed by atoms with E-state index in [0.29, 0.717) is 30.6 Å². The van der Waals surface area contributed by atoms with Gasteiger partial charge in [-0.1, -0.05) is 13.3 Å². The molecule has 0 saturated carbocycles. The lowest BCUT2D eigenvalue weighted by Crippen LogP contribution is -2.02. The zero-order valence-electron chi connectivity index (χ0n) is 13.5. The highest BCUT2D eigenvalue weighted by Crippen LogP contribution is 2.38. The van der Waals surface area contributed by atoms with Crippen LogP contribution in [0, 0.1) is 0 Å². The number of benzene rings is 1. The topological polar surface area (TPSA) is 57.1 Å². The Hall–Kier alpha value is -1.82. The van der Waals surface area contributed by atoms with Crippen molar-refractivity contribution in [1.82, 2.24) is 0 Å². The second kappa shape index (κ2) is 8.15. The molecule has 23 heavy (non-hydrogen) atoms. The molecule has 0 aromatic heterocycles. The number of aliphatic imine (C=N–C) groups is 1. The van der Waals surface area contributed by atoms with E-state index in [4.69, 9.17) is 14.2 Å². The molecule has 1 aliphatic heterocycles. The van der Waals surface area contributed by atoms with E-state index >= 15 is 0 Å². The van der Waals surface area contributed by atoms with Gasteiger partial charge in [0.25, 0.3) is 0 Å². The Morgan fingerprint density at radius 1 is 1.30 bits per heavy atom. The van der Waals surface area contributed by atoms with Crippen LogP contribution >= 0.6 is 15.9 Å². The van der Waals surface area contributed by atoms with Crippen LogP contribution in [0.1, 0.15) is 39.2 Å². The summed E-state index contributed by atoms with van der Waals surface area (Å²) in [4.78, 5) is 15.7. The molecule has 1 aliphatic rings. The van der Waals surface area contributed by atoms with Crippen molar-refractivity contribution in [2.45, 2.75) is 33.6 Å². The fourth-order valence-corrected chi connectivity index (χ4v) is 2.64. The molecule has 1 aromatic rings. The number of esters is 1. The molecule has 1 heterocycles. The van der Waals surface area contributed by atoms with Gasteiger partial charge in [0.2, 0.25) is 0 Å². The summed E-state index contributed by atoms with van der Waals surface area (Å²) < 4.78 is 17.2. The maximum Gasteiger partial charge on any atom is 0.363 e. The molecule has 0 unspecified atom stereocenters. The van der Waals surface area contributed by atoms with Crippen LogP contribution in [0.2, 0.25) is 0 Å². The zero-order chi connectivity index (χ0) is 16.8. The van der Waals surface area contributed by atoms with E-state index in [1.807, 2.05) is 19.1 Å². The van der Waals surface area contributed by atoms with E-state index in [-0.39, 0.29) is 5.70 Å². The Balaban J connectivity index is 2.32. The number of carbonyl (C=O) groups excluding carboxylic acids is 1. The summed E-state index contributed by atoms with van der Waals surface area (Å²) in [5.74, 6) is 1.22. The SMILES string of the molecule is CCCCOc1c(Br)cc(/C=C2\N=C(C)OC2=O)cc1OCC. The van der Waals surface area contributed by atoms with Gasteiger partial charge in [-0.25, -0.2) is 9.79 Å². The minimum atomic E-state index is -0.445. The third-order valence-electron chi connectivity index (χ3n) is 3.11. The standard InChI is InChI=1S/C17H20BrNO4/c1-4-6-7-22-16-13(18)8-12(10-15(16)21-5-2)9-14-17(20)23-11(3)19-14/h8-10H,4-7H2,1-3H3/b14-9-. The minimum absolute atomic E-state index is 0.275.